The van der Waals surface area contributed by atoms with Gasteiger partial charge in [-0.05, 0) is 75.9 Å². The Hall–Kier alpha value is -3.51. The number of nitrogens with one attached hydrogen (secondary N) is 1. The van der Waals surface area contributed by atoms with Gasteiger partial charge in [-0.3, -0.25) is 9.59 Å². The second-order valence-electron chi connectivity index (χ2n) is 10.9. The summed E-state index contributed by atoms with van der Waals surface area (Å²) in [6.07, 6.45) is 0.839. The van der Waals surface area contributed by atoms with Crippen LogP contribution in [-0.2, 0) is 9.53 Å². The summed E-state index contributed by atoms with van der Waals surface area (Å²) < 4.78 is 6.42. The fourth-order valence-electron chi connectivity index (χ4n) is 4.90. The molecule has 1 amide bonds. The number of nitrogens with zero attached hydrogens (tertiary/aromatic N) is 1. The number of aromatic nitrogens is 1. The topological polar surface area (TPSA) is 68.3 Å². The summed E-state index contributed by atoms with van der Waals surface area (Å²) in [5, 5.41) is 3.99. The number of benzene rings is 3. The van der Waals surface area contributed by atoms with Crippen molar-refractivity contribution in [1.29, 1.82) is 0 Å². The average molecular weight is 588 g/mol. The summed E-state index contributed by atoms with van der Waals surface area (Å²) in [5.41, 5.74) is 5.65. The number of fused-ring (bicyclic) bond motifs is 1. The number of aryl methyl sites for hydroxylation is 1. The second kappa shape index (κ2) is 12.1. The van der Waals surface area contributed by atoms with Gasteiger partial charge in [-0.25, -0.2) is 4.98 Å². The van der Waals surface area contributed by atoms with Gasteiger partial charge in [-0.15, -0.1) is 0 Å². The Morgan fingerprint density at radius 1 is 0.974 bits per heavy atom. The first kappa shape index (κ1) is 28.5. The number of rotatable bonds is 8. The quantitative estimate of drug-likeness (QED) is 0.213. The lowest BCUT2D eigenvalue weighted by atomic mass is 9.90. The molecule has 4 aromatic rings. The standard InChI is InChI=1S/C33H35BrN2O3/c1-21-11-9-10-14-26(21)24(15-18-29(37)39-33(3,4)5)20-35-32(38)30-22(2)31(23-12-7-6-8-13-23)36-28-17-16-25(34)19-27(28)30/h6-14,16-17,19,24H,15,18,20H2,1-5H3,(H,35,38). The first-order valence-electron chi connectivity index (χ1n) is 13.2. The second-order valence-corrected chi connectivity index (χ2v) is 11.8. The average Bonchev–Trinajstić information content (AvgIpc) is 2.88. The van der Waals surface area contributed by atoms with Gasteiger partial charge in [0, 0.05) is 34.3 Å². The SMILES string of the molecule is Cc1ccccc1C(CCC(=O)OC(C)(C)C)CNC(=O)c1c(C)c(-c2ccccc2)nc2ccc(Br)cc12. The lowest BCUT2D eigenvalue weighted by Crippen LogP contribution is -2.30. The van der Waals surface area contributed by atoms with Gasteiger partial charge >= 0.3 is 5.97 Å². The van der Waals surface area contributed by atoms with Crippen LogP contribution in [-0.4, -0.2) is 29.0 Å². The van der Waals surface area contributed by atoms with Crippen molar-refractivity contribution >= 4 is 38.7 Å². The highest BCUT2D eigenvalue weighted by Crippen LogP contribution is 2.32. The molecular weight excluding hydrogens is 552 g/mol. The van der Waals surface area contributed by atoms with E-state index >= 15 is 0 Å². The van der Waals surface area contributed by atoms with Gasteiger partial charge in [0.05, 0.1) is 16.8 Å². The molecule has 0 saturated heterocycles. The van der Waals surface area contributed by atoms with Crippen molar-refractivity contribution in [1.82, 2.24) is 10.3 Å². The summed E-state index contributed by atoms with van der Waals surface area (Å²) in [7, 11) is 0. The molecule has 0 fully saturated rings. The molecule has 0 aliphatic heterocycles. The molecule has 0 bridgehead atoms. The van der Waals surface area contributed by atoms with E-state index in [9.17, 15) is 9.59 Å². The zero-order valence-electron chi connectivity index (χ0n) is 23.2. The number of carbonyl (C=O) groups is 2. The van der Waals surface area contributed by atoms with Crippen LogP contribution in [0.25, 0.3) is 22.2 Å². The van der Waals surface area contributed by atoms with Crippen LogP contribution in [0.1, 0.15) is 66.6 Å². The number of hydrogen-bond donors (Lipinski definition) is 1. The minimum atomic E-state index is -0.534. The summed E-state index contributed by atoms with van der Waals surface area (Å²) in [6, 6.07) is 23.9. The van der Waals surface area contributed by atoms with E-state index in [0.717, 1.165) is 43.3 Å². The molecule has 3 aromatic carbocycles. The molecule has 0 radical (unpaired) electrons. The highest BCUT2D eigenvalue weighted by atomic mass is 79.9. The first-order valence-corrected chi connectivity index (χ1v) is 14.0. The van der Waals surface area contributed by atoms with Crippen molar-refractivity contribution in [3.8, 4) is 11.3 Å². The van der Waals surface area contributed by atoms with E-state index in [1.165, 1.54) is 0 Å². The Bertz CT molecular complexity index is 1490. The molecule has 1 heterocycles. The Labute approximate surface area is 239 Å². The number of amides is 1. The molecule has 39 heavy (non-hydrogen) atoms. The van der Waals surface area contributed by atoms with E-state index < -0.39 is 5.60 Å². The molecule has 5 nitrogen and oxygen atoms in total. The third-order valence-corrected chi connectivity index (χ3v) is 7.21. The van der Waals surface area contributed by atoms with Crippen LogP contribution in [0.5, 0.6) is 0 Å². The predicted molar refractivity (Wildman–Crippen MR) is 161 cm³/mol. The number of ether oxygens (including phenoxy) is 1. The summed E-state index contributed by atoms with van der Waals surface area (Å²) >= 11 is 3.56. The highest BCUT2D eigenvalue weighted by molar-refractivity contribution is 9.10. The Balaban J connectivity index is 1.65. The van der Waals surface area contributed by atoms with Gasteiger partial charge in [-0.1, -0.05) is 70.5 Å². The van der Waals surface area contributed by atoms with E-state index in [1.54, 1.807) is 0 Å². The molecular formula is C33H35BrN2O3. The van der Waals surface area contributed by atoms with Crippen LogP contribution in [0.4, 0.5) is 0 Å². The molecule has 202 valence electrons. The molecule has 6 heteroatoms. The molecule has 1 atom stereocenters. The van der Waals surface area contributed by atoms with E-state index in [4.69, 9.17) is 9.72 Å². The molecule has 4 rings (SSSR count). The van der Waals surface area contributed by atoms with Crippen LogP contribution >= 0.6 is 15.9 Å². The highest BCUT2D eigenvalue weighted by Gasteiger charge is 2.23. The normalized spacial score (nSPS) is 12.3. The van der Waals surface area contributed by atoms with Crippen LogP contribution in [0.2, 0.25) is 0 Å². The van der Waals surface area contributed by atoms with Crippen molar-refractivity contribution in [3.05, 3.63) is 99.5 Å². The van der Waals surface area contributed by atoms with E-state index in [2.05, 4.69) is 40.3 Å². The van der Waals surface area contributed by atoms with Crippen LogP contribution in [0, 0.1) is 13.8 Å². The molecule has 0 aliphatic carbocycles. The third-order valence-electron chi connectivity index (χ3n) is 6.72. The van der Waals surface area contributed by atoms with E-state index in [-0.39, 0.29) is 24.2 Å². The summed E-state index contributed by atoms with van der Waals surface area (Å²) in [4.78, 5) is 31.3. The lowest BCUT2D eigenvalue weighted by Gasteiger charge is -2.23. The van der Waals surface area contributed by atoms with Crippen LogP contribution < -0.4 is 5.32 Å². The number of carbonyl (C=O) groups excluding carboxylic acids is 2. The summed E-state index contributed by atoms with van der Waals surface area (Å²) in [5.74, 6) is -0.442. The van der Waals surface area contributed by atoms with Crippen molar-refractivity contribution in [3.63, 3.8) is 0 Å². The van der Waals surface area contributed by atoms with E-state index in [0.29, 0.717) is 18.5 Å². The van der Waals surface area contributed by atoms with Gasteiger partial charge in [-0.2, -0.15) is 0 Å². The van der Waals surface area contributed by atoms with Crippen molar-refractivity contribution in [2.24, 2.45) is 0 Å². The fraction of sp³-hybridized carbons (Fsp3) is 0.303. The third kappa shape index (κ3) is 7.12. The number of hydrogen-bond acceptors (Lipinski definition) is 4. The molecule has 0 spiro atoms. The lowest BCUT2D eigenvalue weighted by molar-refractivity contribution is -0.155. The maximum absolute atomic E-state index is 13.9. The van der Waals surface area contributed by atoms with Crippen LogP contribution in [0.3, 0.4) is 0 Å². The van der Waals surface area contributed by atoms with Crippen molar-refractivity contribution < 1.29 is 14.3 Å². The minimum absolute atomic E-state index is 0.0450. The van der Waals surface area contributed by atoms with Gasteiger partial charge in [0.15, 0.2) is 0 Å². The Morgan fingerprint density at radius 2 is 1.67 bits per heavy atom. The monoisotopic (exact) mass is 586 g/mol. The van der Waals surface area contributed by atoms with Crippen molar-refractivity contribution in [2.75, 3.05) is 6.54 Å². The summed E-state index contributed by atoms with van der Waals surface area (Å²) in [6.45, 7) is 10.0. The minimum Gasteiger partial charge on any atom is -0.460 e. The zero-order valence-corrected chi connectivity index (χ0v) is 24.8. The number of esters is 1. The number of halogens is 1. The maximum atomic E-state index is 13.9. The van der Waals surface area contributed by atoms with E-state index in [1.807, 2.05) is 88.4 Å². The number of pyridine rings is 1. The smallest absolute Gasteiger partial charge is 0.306 e. The first-order chi connectivity index (χ1) is 18.5. The largest absolute Gasteiger partial charge is 0.460 e. The van der Waals surface area contributed by atoms with Gasteiger partial charge in [0.1, 0.15) is 5.60 Å². The maximum Gasteiger partial charge on any atom is 0.306 e. The molecule has 1 unspecified atom stereocenters. The van der Waals surface area contributed by atoms with Gasteiger partial charge in [0.2, 0.25) is 0 Å². The van der Waals surface area contributed by atoms with Crippen LogP contribution in [0.15, 0.2) is 77.3 Å². The molecule has 0 aliphatic rings. The fourth-order valence-corrected chi connectivity index (χ4v) is 5.26. The van der Waals surface area contributed by atoms with Gasteiger partial charge < -0.3 is 10.1 Å². The predicted octanol–water partition coefficient (Wildman–Crippen LogP) is 7.92. The molecule has 1 aromatic heterocycles. The van der Waals surface area contributed by atoms with Gasteiger partial charge in [0.25, 0.3) is 5.91 Å². The Kier molecular flexibility index (Phi) is 8.86. The molecule has 0 saturated carbocycles. The van der Waals surface area contributed by atoms with Crippen molar-refractivity contribution in [2.45, 2.75) is 59.0 Å². The zero-order chi connectivity index (χ0) is 28.2. The Morgan fingerprint density at radius 3 is 2.36 bits per heavy atom. The molecule has 1 N–H and O–H groups in total.